The summed E-state index contributed by atoms with van der Waals surface area (Å²) in [5, 5.41) is 6.18. The Morgan fingerprint density at radius 3 is 2.31 bits per heavy atom. The standard InChI is InChI=1S/C29H27N2O/c1-16(2)10-19-11-24-27-25(12-19)32-29-18(4)23-14-21-9-7-6-8-20(21)13-22(23)17(3)26(29)28(27)31(5)15-30-24/h6-9,11-16H,10H2,1-5H3/q+1. The second-order valence-corrected chi connectivity index (χ2v) is 9.59. The number of hydrogen-bond donors (Lipinski definition) is 0. The molecule has 0 spiro atoms. The van der Waals surface area contributed by atoms with Crippen molar-refractivity contribution in [3.8, 4) is 22.8 Å². The van der Waals surface area contributed by atoms with Gasteiger partial charge in [-0.3, -0.25) is 0 Å². The maximum Gasteiger partial charge on any atom is 0.287 e. The van der Waals surface area contributed by atoms with Crippen LogP contribution in [-0.2, 0) is 13.5 Å². The lowest BCUT2D eigenvalue weighted by Gasteiger charge is -2.25. The second kappa shape index (κ2) is 6.77. The van der Waals surface area contributed by atoms with E-state index in [1.54, 1.807) is 0 Å². The lowest BCUT2D eigenvalue weighted by Crippen LogP contribution is -2.33. The highest BCUT2D eigenvalue weighted by molar-refractivity contribution is 6.09. The lowest BCUT2D eigenvalue weighted by molar-refractivity contribution is -0.662. The van der Waals surface area contributed by atoms with Gasteiger partial charge in [-0.2, -0.15) is 0 Å². The third kappa shape index (κ3) is 2.67. The largest absolute Gasteiger partial charge is 0.455 e. The van der Waals surface area contributed by atoms with Gasteiger partial charge in [0.05, 0.1) is 12.6 Å². The van der Waals surface area contributed by atoms with Gasteiger partial charge in [0, 0.05) is 5.56 Å². The van der Waals surface area contributed by atoms with Crippen LogP contribution in [0.25, 0.3) is 43.7 Å². The van der Waals surface area contributed by atoms with E-state index in [4.69, 9.17) is 9.72 Å². The SMILES string of the molecule is Cc1c2c(c(C)c3cc4ccccc4cc13)-c1c3c(cc(CC(C)C)cc3nc[n+]1C)O2. The van der Waals surface area contributed by atoms with E-state index in [-0.39, 0.29) is 0 Å². The highest BCUT2D eigenvalue weighted by Gasteiger charge is 2.31. The molecule has 4 aromatic carbocycles. The Morgan fingerprint density at radius 1 is 0.938 bits per heavy atom. The van der Waals surface area contributed by atoms with E-state index < -0.39 is 0 Å². The molecule has 3 nitrogen and oxygen atoms in total. The van der Waals surface area contributed by atoms with Crippen molar-refractivity contribution >= 4 is 32.4 Å². The molecule has 2 heterocycles. The third-order valence-electron chi connectivity index (χ3n) is 6.83. The van der Waals surface area contributed by atoms with Crippen LogP contribution in [0.2, 0.25) is 0 Å². The van der Waals surface area contributed by atoms with Crippen LogP contribution < -0.4 is 9.30 Å². The first-order valence-electron chi connectivity index (χ1n) is 11.4. The molecule has 0 fully saturated rings. The van der Waals surface area contributed by atoms with Gasteiger partial charge in [0.25, 0.3) is 6.33 Å². The lowest BCUT2D eigenvalue weighted by atomic mass is 9.88. The van der Waals surface area contributed by atoms with Gasteiger partial charge in [0.15, 0.2) is 11.2 Å². The fraction of sp³-hybridized carbons (Fsp3) is 0.241. The molecule has 0 aliphatic carbocycles. The average Bonchev–Trinajstić information content (AvgIpc) is 2.77. The van der Waals surface area contributed by atoms with Crippen LogP contribution in [0.3, 0.4) is 0 Å². The Morgan fingerprint density at radius 2 is 1.62 bits per heavy atom. The fourth-order valence-corrected chi connectivity index (χ4v) is 5.35. The summed E-state index contributed by atoms with van der Waals surface area (Å²) < 4.78 is 8.85. The van der Waals surface area contributed by atoms with Crippen molar-refractivity contribution < 1.29 is 9.30 Å². The second-order valence-electron chi connectivity index (χ2n) is 9.59. The molecule has 0 radical (unpaired) electrons. The molecular formula is C29H27N2O+. The monoisotopic (exact) mass is 419 g/mol. The Balaban J connectivity index is 1.74. The number of aryl methyl sites for hydroxylation is 3. The van der Waals surface area contributed by atoms with E-state index in [0.29, 0.717) is 5.92 Å². The van der Waals surface area contributed by atoms with Gasteiger partial charge in [-0.1, -0.05) is 38.1 Å². The van der Waals surface area contributed by atoms with Crippen molar-refractivity contribution in [1.29, 1.82) is 0 Å². The first kappa shape index (κ1) is 19.2. The van der Waals surface area contributed by atoms with Crippen molar-refractivity contribution in [2.75, 3.05) is 0 Å². The summed E-state index contributed by atoms with van der Waals surface area (Å²) in [5.41, 5.74) is 7.11. The molecule has 0 N–H and O–H groups in total. The molecule has 0 saturated carbocycles. The zero-order valence-corrected chi connectivity index (χ0v) is 19.3. The Labute approximate surface area is 188 Å². The normalized spacial score (nSPS) is 12.6. The zero-order valence-electron chi connectivity index (χ0n) is 19.3. The summed E-state index contributed by atoms with van der Waals surface area (Å²) in [4.78, 5) is 4.76. The molecule has 1 aliphatic heterocycles. The molecule has 0 amide bonds. The zero-order chi connectivity index (χ0) is 22.1. The third-order valence-corrected chi connectivity index (χ3v) is 6.83. The van der Waals surface area contributed by atoms with Gasteiger partial charge >= 0.3 is 0 Å². The summed E-state index contributed by atoms with van der Waals surface area (Å²) in [5.74, 6) is 2.48. The quantitative estimate of drug-likeness (QED) is 0.224. The highest BCUT2D eigenvalue weighted by atomic mass is 16.5. The summed E-state index contributed by atoms with van der Waals surface area (Å²) in [6, 6.07) is 17.7. The number of fused-ring (bicyclic) bond motifs is 4. The maximum atomic E-state index is 6.71. The van der Waals surface area contributed by atoms with E-state index >= 15 is 0 Å². The molecule has 0 saturated heterocycles. The smallest absolute Gasteiger partial charge is 0.287 e. The van der Waals surface area contributed by atoms with Crippen LogP contribution >= 0.6 is 0 Å². The van der Waals surface area contributed by atoms with Crippen molar-refractivity contribution in [3.63, 3.8) is 0 Å². The van der Waals surface area contributed by atoms with Gasteiger partial charge in [-0.05, 0) is 88.1 Å². The summed E-state index contributed by atoms with van der Waals surface area (Å²) in [6.45, 7) is 8.92. The summed E-state index contributed by atoms with van der Waals surface area (Å²) in [7, 11) is 2.09. The molecule has 158 valence electrons. The minimum Gasteiger partial charge on any atom is -0.455 e. The van der Waals surface area contributed by atoms with E-state index in [1.807, 2.05) is 6.33 Å². The van der Waals surface area contributed by atoms with Crippen LogP contribution in [0, 0.1) is 19.8 Å². The number of aromatic nitrogens is 2. The predicted molar refractivity (Wildman–Crippen MR) is 131 cm³/mol. The first-order valence-corrected chi connectivity index (χ1v) is 11.4. The number of rotatable bonds is 2. The van der Waals surface area contributed by atoms with Crippen molar-refractivity contribution in [1.82, 2.24) is 4.98 Å². The number of hydrogen-bond acceptors (Lipinski definition) is 2. The van der Waals surface area contributed by atoms with Crippen molar-refractivity contribution in [2.24, 2.45) is 13.0 Å². The van der Waals surface area contributed by atoms with E-state index in [2.05, 4.69) is 87.8 Å². The first-order chi connectivity index (χ1) is 15.4. The van der Waals surface area contributed by atoms with Crippen molar-refractivity contribution in [2.45, 2.75) is 34.1 Å². The van der Waals surface area contributed by atoms with E-state index in [0.717, 1.165) is 28.8 Å². The number of nitrogens with zero attached hydrogens (tertiary/aromatic N) is 2. The van der Waals surface area contributed by atoms with Crippen LogP contribution in [0.4, 0.5) is 0 Å². The molecule has 32 heavy (non-hydrogen) atoms. The Hall–Kier alpha value is -3.46. The average molecular weight is 420 g/mol. The van der Waals surface area contributed by atoms with Gasteiger partial charge in [0.1, 0.15) is 16.9 Å². The van der Waals surface area contributed by atoms with Gasteiger partial charge in [0.2, 0.25) is 0 Å². The minimum absolute atomic E-state index is 0.580. The van der Waals surface area contributed by atoms with Gasteiger partial charge in [-0.15, -0.1) is 0 Å². The molecule has 1 aliphatic rings. The Bertz CT molecular complexity index is 1580. The van der Waals surface area contributed by atoms with Crippen LogP contribution in [0.15, 0.2) is 54.9 Å². The topological polar surface area (TPSA) is 26.0 Å². The molecule has 6 rings (SSSR count). The molecule has 5 aromatic rings. The van der Waals surface area contributed by atoms with Crippen LogP contribution in [-0.4, -0.2) is 4.98 Å². The predicted octanol–water partition coefficient (Wildman–Crippen LogP) is 6.95. The molecule has 3 heteroatoms. The fourth-order valence-electron chi connectivity index (χ4n) is 5.35. The van der Waals surface area contributed by atoms with E-state index in [1.165, 1.54) is 49.5 Å². The Kier molecular flexibility index (Phi) is 4.07. The van der Waals surface area contributed by atoms with E-state index in [9.17, 15) is 0 Å². The number of ether oxygens (including phenoxy) is 1. The molecule has 1 aromatic heterocycles. The molecular weight excluding hydrogens is 392 g/mol. The minimum atomic E-state index is 0.580. The maximum absolute atomic E-state index is 6.71. The summed E-state index contributed by atoms with van der Waals surface area (Å²) >= 11 is 0. The molecule has 0 bridgehead atoms. The van der Waals surface area contributed by atoms with Gasteiger partial charge in [-0.25, -0.2) is 4.57 Å². The van der Waals surface area contributed by atoms with Gasteiger partial charge < -0.3 is 4.74 Å². The molecule has 0 unspecified atom stereocenters. The molecule has 0 atom stereocenters. The van der Waals surface area contributed by atoms with Crippen LogP contribution in [0.5, 0.6) is 11.5 Å². The summed E-state index contributed by atoms with van der Waals surface area (Å²) in [6.07, 6.45) is 2.95. The number of benzene rings is 4. The van der Waals surface area contributed by atoms with Crippen LogP contribution in [0.1, 0.15) is 30.5 Å². The van der Waals surface area contributed by atoms with Crippen molar-refractivity contribution in [3.05, 3.63) is 71.5 Å². The highest BCUT2D eigenvalue weighted by Crippen LogP contribution is 2.50.